The van der Waals surface area contributed by atoms with Gasteiger partial charge in [0, 0.05) is 17.6 Å². The van der Waals surface area contributed by atoms with Gasteiger partial charge in [0.25, 0.3) is 0 Å². The number of hydrogen-bond acceptors (Lipinski definition) is 8. The van der Waals surface area contributed by atoms with E-state index in [1.54, 1.807) is 0 Å². The van der Waals surface area contributed by atoms with Crippen LogP contribution >= 0.6 is 0 Å². The molecule has 1 amide bonds. The van der Waals surface area contributed by atoms with Crippen molar-refractivity contribution in [1.82, 2.24) is 20.6 Å². The number of carbonyl (C=O) groups excluding carboxylic acids is 1. The lowest BCUT2D eigenvalue weighted by Crippen LogP contribution is -2.48. The molecule has 206 valence electrons. The number of rotatable bonds is 11. The molecule has 0 radical (unpaired) electrons. The predicted octanol–water partition coefficient (Wildman–Crippen LogP) is 4.74. The van der Waals surface area contributed by atoms with Gasteiger partial charge in [-0.25, -0.2) is 9.97 Å². The van der Waals surface area contributed by atoms with E-state index >= 15 is 0 Å². The zero-order chi connectivity index (χ0) is 27.8. The van der Waals surface area contributed by atoms with E-state index in [0.717, 1.165) is 37.9 Å². The molecule has 6 N–H and O–H groups in total. The minimum absolute atomic E-state index is 0.0714. The number of likely N-dealkylation sites (N-methyl/N-ethyl adjacent to an activating group) is 1. The summed E-state index contributed by atoms with van der Waals surface area (Å²) >= 11 is 0. The van der Waals surface area contributed by atoms with Crippen molar-refractivity contribution in [3.63, 3.8) is 0 Å². The van der Waals surface area contributed by atoms with Crippen LogP contribution in [0.1, 0.15) is 57.1 Å². The van der Waals surface area contributed by atoms with Gasteiger partial charge in [0.1, 0.15) is 29.5 Å². The largest absolute Gasteiger partial charge is 0.457 e. The lowest BCUT2D eigenvalue weighted by Gasteiger charge is -2.31. The molecule has 1 heterocycles. The maximum atomic E-state index is 12.7. The fraction of sp³-hybridized carbons (Fsp3) is 0.400. The van der Waals surface area contributed by atoms with Crippen LogP contribution < -0.4 is 26.4 Å². The highest BCUT2D eigenvalue weighted by molar-refractivity contribution is 6.16. The molecule has 1 aliphatic carbocycles. The first kappa shape index (κ1) is 28.0. The molecule has 2 aromatic carbocycles. The van der Waals surface area contributed by atoms with Crippen LogP contribution in [0.4, 0.5) is 11.6 Å². The van der Waals surface area contributed by atoms with Crippen molar-refractivity contribution in [1.29, 1.82) is 5.41 Å². The van der Waals surface area contributed by atoms with Gasteiger partial charge in [0.2, 0.25) is 5.91 Å². The molecule has 3 aromatic rings. The summed E-state index contributed by atoms with van der Waals surface area (Å²) in [6.07, 6.45) is 5.73. The van der Waals surface area contributed by atoms with Gasteiger partial charge in [0.15, 0.2) is 0 Å². The Bertz CT molecular complexity index is 1240. The number of ether oxygens (including phenoxy) is 1. The van der Waals surface area contributed by atoms with Crippen LogP contribution in [0.2, 0.25) is 0 Å². The van der Waals surface area contributed by atoms with Gasteiger partial charge in [-0.15, -0.1) is 0 Å². The Kier molecular flexibility index (Phi) is 9.49. The third kappa shape index (κ3) is 7.54. The molecule has 0 saturated heterocycles. The summed E-state index contributed by atoms with van der Waals surface area (Å²) in [4.78, 5) is 21.3. The summed E-state index contributed by atoms with van der Waals surface area (Å²) in [6.45, 7) is 4.25. The molecular weight excluding hydrogens is 490 g/mol. The van der Waals surface area contributed by atoms with Crippen LogP contribution in [0, 0.1) is 11.3 Å². The van der Waals surface area contributed by atoms with Crippen LogP contribution in [-0.2, 0) is 4.79 Å². The van der Waals surface area contributed by atoms with E-state index in [-0.39, 0.29) is 35.6 Å². The third-order valence-corrected chi connectivity index (χ3v) is 7.03. The number of carbonyl (C=O) groups is 1. The topological polar surface area (TPSA) is 138 Å². The van der Waals surface area contributed by atoms with Gasteiger partial charge >= 0.3 is 0 Å². The van der Waals surface area contributed by atoms with Gasteiger partial charge in [-0.3, -0.25) is 10.2 Å². The van der Waals surface area contributed by atoms with Crippen LogP contribution in [0.25, 0.3) is 0 Å². The molecule has 0 bridgehead atoms. The quantitative estimate of drug-likeness (QED) is 0.226. The Morgan fingerprint density at radius 3 is 2.28 bits per heavy atom. The van der Waals surface area contributed by atoms with E-state index in [1.165, 1.54) is 6.33 Å². The van der Waals surface area contributed by atoms with E-state index in [9.17, 15) is 4.79 Å². The number of nitrogens with zero attached hydrogens (tertiary/aromatic N) is 2. The van der Waals surface area contributed by atoms with Gasteiger partial charge in [-0.2, -0.15) is 0 Å². The second-order valence-corrected chi connectivity index (χ2v) is 10.5. The summed E-state index contributed by atoms with van der Waals surface area (Å²) in [5, 5.41) is 18.7. The molecule has 1 fully saturated rings. The van der Waals surface area contributed by atoms with Crippen LogP contribution in [0.5, 0.6) is 11.5 Å². The highest BCUT2D eigenvalue weighted by atomic mass is 16.5. The zero-order valence-electron chi connectivity index (χ0n) is 22.9. The molecule has 9 heteroatoms. The Balaban J connectivity index is 1.37. The number of amides is 1. The predicted molar refractivity (Wildman–Crippen MR) is 155 cm³/mol. The number of nitrogens with two attached hydrogens (primary N) is 1. The van der Waals surface area contributed by atoms with Gasteiger partial charge in [-0.1, -0.05) is 32.0 Å². The fourth-order valence-electron chi connectivity index (χ4n) is 4.92. The fourth-order valence-corrected chi connectivity index (χ4v) is 4.92. The van der Waals surface area contributed by atoms with Crippen molar-refractivity contribution >= 4 is 23.3 Å². The van der Waals surface area contributed by atoms with Crippen molar-refractivity contribution in [3.8, 4) is 11.5 Å². The summed E-state index contributed by atoms with van der Waals surface area (Å²) < 4.78 is 5.87. The Morgan fingerprint density at radius 2 is 1.64 bits per heavy atom. The molecule has 0 aliphatic heterocycles. The summed E-state index contributed by atoms with van der Waals surface area (Å²) in [7, 11) is 1.84. The standard InChI is InChI=1S/C30H39N7O2/c1-19(2)17-25(33-3)30(38)37-22-13-11-21(12-14-22)36-29-26(28(32)34-18-35-29)27(31)20-9-15-24(16-10-20)39-23-7-5-4-6-8-23/h4-10,15-16,18-19,21-22,25,31,33H,11-14,17H2,1-3H3,(H,37,38)(H3,32,34,35,36). The van der Waals surface area contributed by atoms with Gasteiger partial charge in [0.05, 0.1) is 17.3 Å². The highest BCUT2D eigenvalue weighted by Crippen LogP contribution is 2.28. The number of para-hydroxylation sites is 1. The van der Waals surface area contributed by atoms with Crippen LogP contribution in [0.3, 0.4) is 0 Å². The Labute approximate surface area is 230 Å². The average Bonchev–Trinajstić information content (AvgIpc) is 2.93. The first-order chi connectivity index (χ1) is 18.8. The highest BCUT2D eigenvalue weighted by Gasteiger charge is 2.27. The summed E-state index contributed by atoms with van der Waals surface area (Å²) in [5.74, 6) is 2.76. The maximum Gasteiger partial charge on any atom is 0.237 e. The SMILES string of the molecule is CNC(CC(C)C)C(=O)NC1CCC(Nc2ncnc(N)c2C(=N)c2ccc(Oc3ccccc3)cc2)CC1. The van der Waals surface area contributed by atoms with E-state index in [0.29, 0.717) is 28.6 Å². The zero-order valence-corrected chi connectivity index (χ0v) is 22.9. The minimum Gasteiger partial charge on any atom is -0.457 e. The van der Waals surface area contributed by atoms with Crippen molar-refractivity contribution in [2.75, 3.05) is 18.1 Å². The molecule has 0 spiro atoms. The average molecular weight is 530 g/mol. The molecule has 39 heavy (non-hydrogen) atoms. The number of anilines is 2. The van der Waals surface area contributed by atoms with Crippen molar-refractivity contribution in [2.45, 2.75) is 64.1 Å². The smallest absolute Gasteiger partial charge is 0.237 e. The van der Waals surface area contributed by atoms with Gasteiger partial charge < -0.3 is 26.4 Å². The monoisotopic (exact) mass is 529 g/mol. The molecule has 1 atom stereocenters. The molecular formula is C30H39N7O2. The maximum absolute atomic E-state index is 12.7. The van der Waals surface area contributed by atoms with Crippen molar-refractivity contribution < 1.29 is 9.53 Å². The second-order valence-electron chi connectivity index (χ2n) is 10.5. The Hall–Kier alpha value is -3.98. The third-order valence-electron chi connectivity index (χ3n) is 7.03. The molecule has 1 aliphatic rings. The minimum atomic E-state index is -0.169. The van der Waals surface area contributed by atoms with Crippen molar-refractivity contribution in [3.05, 3.63) is 72.1 Å². The second kappa shape index (κ2) is 13.2. The number of nitrogens with one attached hydrogen (secondary N) is 4. The number of nitrogen functional groups attached to an aromatic ring is 1. The Morgan fingerprint density at radius 1 is 1.00 bits per heavy atom. The molecule has 4 rings (SSSR count). The van der Waals surface area contributed by atoms with E-state index in [2.05, 4.69) is 39.8 Å². The normalized spacial score (nSPS) is 17.8. The molecule has 1 aromatic heterocycles. The summed E-state index contributed by atoms with van der Waals surface area (Å²) in [5.41, 5.74) is 7.65. The molecule has 9 nitrogen and oxygen atoms in total. The molecule has 1 unspecified atom stereocenters. The first-order valence-electron chi connectivity index (χ1n) is 13.6. The first-order valence-corrected chi connectivity index (χ1v) is 13.6. The van der Waals surface area contributed by atoms with Crippen LogP contribution in [-0.4, -0.2) is 46.8 Å². The lowest BCUT2D eigenvalue weighted by molar-refractivity contribution is -0.124. The van der Waals surface area contributed by atoms with Crippen molar-refractivity contribution in [2.24, 2.45) is 5.92 Å². The van der Waals surface area contributed by atoms with E-state index < -0.39 is 0 Å². The van der Waals surface area contributed by atoms with E-state index in [1.807, 2.05) is 61.6 Å². The van der Waals surface area contributed by atoms with Gasteiger partial charge in [-0.05, 0) is 81.5 Å². The number of benzene rings is 2. The number of hydrogen-bond donors (Lipinski definition) is 5. The molecule has 1 saturated carbocycles. The van der Waals surface area contributed by atoms with Crippen LogP contribution in [0.15, 0.2) is 60.9 Å². The summed E-state index contributed by atoms with van der Waals surface area (Å²) in [6, 6.07) is 17.0. The lowest BCUT2D eigenvalue weighted by atomic mass is 9.90. The van der Waals surface area contributed by atoms with E-state index in [4.69, 9.17) is 15.9 Å². The number of aromatic nitrogens is 2.